The van der Waals surface area contributed by atoms with Gasteiger partial charge in [0.25, 0.3) is 5.82 Å². The number of carbonyl (C=O) groups excluding carboxylic acids is 1. The standard InChI is InChI=1S/C11H13ClN4O3/c12-7-11(17)15-5-3-14(4-6-15)10-2-1-9(8-13-10)16(18)19/h1-2,8H,3-7H2/p+1. The Bertz CT molecular complexity index is 471. The molecule has 2 heterocycles. The molecule has 0 spiro atoms. The Morgan fingerprint density at radius 2 is 2.05 bits per heavy atom. The second-order valence-corrected chi connectivity index (χ2v) is 4.46. The van der Waals surface area contributed by atoms with Gasteiger partial charge in [-0.05, 0) is 0 Å². The molecule has 1 aromatic rings. The first-order valence-corrected chi connectivity index (χ1v) is 6.40. The molecule has 1 amide bonds. The molecule has 0 aliphatic carbocycles. The van der Waals surface area contributed by atoms with Crippen LogP contribution in [0, 0.1) is 10.1 Å². The van der Waals surface area contributed by atoms with E-state index in [-0.39, 0.29) is 17.5 Å². The Morgan fingerprint density at radius 1 is 1.37 bits per heavy atom. The van der Waals surface area contributed by atoms with Crippen LogP contribution in [-0.4, -0.2) is 47.8 Å². The van der Waals surface area contributed by atoms with Crippen LogP contribution in [0.25, 0.3) is 0 Å². The molecular weight excluding hydrogens is 272 g/mol. The Kier molecular flexibility index (Phi) is 4.16. The second-order valence-electron chi connectivity index (χ2n) is 4.19. The van der Waals surface area contributed by atoms with Gasteiger partial charge in [-0.3, -0.25) is 19.8 Å². The van der Waals surface area contributed by atoms with E-state index < -0.39 is 4.92 Å². The lowest BCUT2D eigenvalue weighted by Gasteiger charge is -2.30. The Hall–Kier alpha value is -1.89. The molecule has 19 heavy (non-hydrogen) atoms. The highest BCUT2D eigenvalue weighted by atomic mass is 35.5. The molecule has 8 heteroatoms. The topological polar surface area (TPSA) is 80.8 Å². The summed E-state index contributed by atoms with van der Waals surface area (Å²) >= 11 is 5.51. The van der Waals surface area contributed by atoms with E-state index in [1.807, 2.05) is 4.90 Å². The summed E-state index contributed by atoms with van der Waals surface area (Å²) in [6, 6.07) is 3.14. The number of carbonyl (C=O) groups is 1. The van der Waals surface area contributed by atoms with E-state index in [2.05, 4.69) is 4.98 Å². The average Bonchev–Trinajstić information content (AvgIpc) is 2.46. The first-order chi connectivity index (χ1) is 9.11. The zero-order valence-corrected chi connectivity index (χ0v) is 11.0. The molecule has 7 nitrogen and oxygen atoms in total. The van der Waals surface area contributed by atoms with Gasteiger partial charge in [0.05, 0.1) is 18.0 Å². The molecule has 0 unspecified atom stereocenters. The van der Waals surface area contributed by atoms with E-state index >= 15 is 0 Å². The Morgan fingerprint density at radius 3 is 2.53 bits per heavy atom. The van der Waals surface area contributed by atoms with E-state index in [1.54, 1.807) is 11.0 Å². The van der Waals surface area contributed by atoms with Crippen LogP contribution < -0.4 is 9.88 Å². The SMILES string of the molecule is O=C(CCl)N1CCN(c2ccc([N+](=O)[O-])c[nH+]2)CC1. The number of aromatic amines is 1. The second kappa shape index (κ2) is 5.83. The largest absolute Gasteiger partial charge is 0.334 e. The molecule has 0 bridgehead atoms. The number of H-pyrrole nitrogens is 1. The number of anilines is 1. The minimum absolute atomic E-state index is 0.00363. The highest BCUT2D eigenvalue weighted by Crippen LogP contribution is 2.14. The molecule has 102 valence electrons. The minimum Gasteiger partial charge on any atom is -0.334 e. The fraction of sp³-hybridized carbons (Fsp3) is 0.455. The number of aromatic nitrogens is 1. The molecule has 1 aliphatic heterocycles. The third kappa shape index (κ3) is 3.11. The molecule has 1 aromatic heterocycles. The Labute approximate surface area is 114 Å². The number of halogens is 1. The zero-order chi connectivity index (χ0) is 13.8. The number of pyridine rings is 1. The number of nitro groups is 1. The van der Waals surface area contributed by atoms with Crippen molar-refractivity contribution >= 4 is 29.0 Å². The number of piperazine rings is 1. The summed E-state index contributed by atoms with van der Waals surface area (Å²) in [6.07, 6.45) is 1.37. The molecule has 0 radical (unpaired) electrons. The predicted molar refractivity (Wildman–Crippen MR) is 69.2 cm³/mol. The van der Waals surface area contributed by atoms with Crippen molar-refractivity contribution in [3.05, 3.63) is 28.4 Å². The smallest absolute Gasteiger partial charge is 0.308 e. The summed E-state index contributed by atoms with van der Waals surface area (Å²) in [6.45, 7) is 2.57. The molecular formula is C11H14ClN4O3+. The van der Waals surface area contributed by atoms with Gasteiger partial charge in [-0.2, -0.15) is 0 Å². The van der Waals surface area contributed by atoms with Gasteiger partial charge in [-0.25, -0.2) is 4.98 Å². The summed E-state index contributed by atoms with van der Waals surface area (Å²) in [7, 11) is 0. The summed E-state index contributed by atoms with van der Waals surface area (Å²) in [4.78, 5) is 28.2. The van der Waals surface area contributed by atoms with Crippen LogP contribution in [0.15, 0.2) is 18.3 Å². The number of alkyl halides is 1. The quantitative estimate of drug-likeness (QED) is 0.454. The minimum atomic E-state index is -0.447. The highest BCUT2D eigenvalue weighted by Gasteiger charge is 2.26. The van der Waals surface area contributed by atoms with Crippen LogP contribution in [0.5, 0.6) is 0 Å². The van der Waals surface area contributed by atoms with E-state index in [0.717, 1.165) is 5.82 Å². The third-order valence-corrected chi connectivity index (χ3v) is 3.31. The van der Waals surface area contributed by atoms with Crippen LogP contribution in [0.1, 0.15) is 0 Å². The van der Waals surface area contributed by atoms with Crippen LogP contribution in [0.2, 0.25) is 0 Å². The van der Waals surface area contributed by atoms with E-state index in [9.17, 15) is 14.9 Å². The lowest BCUT2D eigenvalue weighted by atomic mass is 10.3. The van der Waals surface area contributed by atoms with Gasteiger partial charge in [0.15, 0.2) is 6.20 Å². The van der Waals surface area contributed by atoms with Crippen molar-refractivity contribution in [3.8, 4) is 0 Å². The van der Waals surface area contributed by atoms with Crippen LogP contribution in [-0.2, 0) is 4.79 Å². The summed E-state index contributed by atoms with van der Waals surface area (Å²) in [5, 5.41) is 10.6. The summed E-state index contributed by atoms with van der Waals surface area (Å²) in [5.74, 6) is 0.751. The summed E-state index contributed by atoms with van der Waals surface area (Å²) in [5.41, 5.74) is 0.0275. The van der Waals surface area contributed by atoms with Crippen molar-refractivity contribution in [2.45, 2.75) is 0 Å². The molecule has 1 aliphatic rings. The van der Waals surface area contributed by atoms with Crippen molar-refractivity contribution in [2.75, 3.05) is 37.0 Å². The maximum absolute atomic E-state index is 11.4. The maximum Gasteiger partial charge on any atom is 0.308 e. The average molecular weight is 286 g/mol. The van der Waals surface area contributed by atoms with Gasteiger partial charge in [-0.1, -0.05) is 0 Å². The first kappa shape index (κ1) is 13.5. The van der Waals surface area contributed by atoms with Crippen molar-refractivity contribution in [1.82, 2.24) is 4.90 Å². The fourth-order valence-corrected chi connectivity index (χ4v) is 2.17. The van der Waals surface area contributed by atoms with Crippen molar-refractivity contribution < 1.29 is 14.7 Å². The van der Waals surface area contributed by atoms with Crippen LogP contribution in [0.4, 0.5) is 11.5 Å². The number of nitrogens with zero attached hydrogens (tertiary/aromatic N) is 3. The monoisotopic (exact) mass is 285 g/mol. The van der Waals surface area contributed by atoms with E-state index in [4.69, 9.17) is 11.6 Å². The lowest BCUT2D eigenvalue weighted by molar-refractivity contribution is -0.414. The number of amides is 1. The van der Waals surface area contributed by atoms with Gasteiger partial charge in [-0.15, -0.1) is 11.6 Å². The van der Waals surface area contributed by atoms with Gasteiger partial charge < -0.3 is 4.90 Å². The van der Waals surface area contributed by atoms with Gasteiger partial charge >= 0.3 is 5.69 Å². The molecule has 1 N–H and O–H groups in total. The molecule has 0 aromatic carbocycles. The molecule has 0 saturated carbocycles. The highest BCUT2D eigenvalue weighted by molar-refractivity contribution is 6.27. The van der Waals surface area contributed by atoms with Gasteiger partial charge in [0.1, 0.15) is 19.0 Å². The van der Waals surface area contributed by atoms with Crippen molar-refractivity contribution in [1.29, 1.82) is 0 Å². The van der Waals surface area contributed by atoms with Gasteiger partial charge in [0.2, 0.25) is 5.91 Å². The van der Waals surface area contributed by atoms with Gasteiger partial charge in [0, 0.05) is 12.1 Å². The fourth-order valence-electron chi connectivity index (χ4n) is 2.00. The van der Waals surface area contributed by atoms with Crippen molar-refractivity contribution in [2.24, 2.45) is 0 Å². The van der Waals surface area contributed by atoms with Crippen LogP contribution in [0.3, 0.4) is 0 Å². The number of hydrogen-bond donors (Lipinski definition) is 0. The molecule has 1 fully saturated rings. The third-order valence-electron chi connectivity index (χ3n) is 3.08. The number of hydrogen-bond acceptors (Lipinski definition) is 4. The normalized spacial score (nSPS) is 15.4. The number of rotatable bonds is 3. The lowest BCUT2D eigenvalue weighted by Crippen LogP contribution is -2.50. The maximum atomic E-state index is 11.4. The van der Waals surface area contributed by atoms with Crippen LogP contribution >= 0.6 is 11.6 Å². The predicted octanol–water partition coefficient (Wildman–Crippen LogP) is 0.296. The first-order valence-electron chi connectivity index (χ1n) is 5.86. The number of nitrogens with one attached hydrogen (secondary N) is 1. The Balaban J connectivity index is 1.97. The van der Waals surface area contributed by atoms with E-state index in [0.29, 0.717) is 26.2 Å². The zero-order valence-electron chi connectivity index (χ0n) is 10.2. The van der Waals surface area contributed by atoms with E-state index in [1.165, 1.54) is 12.3 Å². The summed E-state index contributed by atoms with van der Waals surface area (Å²) < 4.78 is 0. The molecule has 1 saturated heterocycles. The molecule has 0 atom stereocenters. The van der Waals surface area contributed by atoms with Crippen molar-refractivity contribution in [3.63, 3.8) is 0 Å². The molecule has 2 rings (SSSR count).